The molecule has 22 heavy (non-hydrogen) atoms. The Balaban J connectivity index is 1.48. The summed E-state index contributed by atoms with van der Waals surface area (Å²) in [6.45, 7) is 2.44. The topological polar surface area (TPSA) is 64.3 Å². The summed E-state index contributed by atoms with van der Waals surface area (Å²) in [6, 6.07) is 4.31. The predicted octanol–water partition coefficient (Wildman–Crippen LogP) is 2.28. The maximum Gasteiger partial charge on any atom is 0.241 e. The number of hydrogen-bond acceptors (Lipinski definition) is 6. The molecule has 1 saturated carbocycles. The highest BCUT2D eigenvalue weighted by Crippen LogP contribution is 2.29. The zero-order valence-electron chi connectivity index (χ0n) is 12.5. The summed E-state index contributed by atoms with van der Waals surface area (Å²) < 4.78 is 11.3. The Morgan fingerprint density at radius 3 is 3.14 bits per heavy atom. The third-order valence-electron chi connectivity index (χ3n) is 4.57. The number of nitrogens with zero attached hydrogens (tertiary/aromatic N) is 4. The molecule has 2 aromatic heterocycles. The van der Waals surface area contributed by atoms with Crippen molar-refractivity contribution in [2.75, 3.05) is 13.2 Å². The summed E-state index contributed by atoms with van der Waals surface area (Å²) in [7, 11) is 0. The SMILES string of the molecule is c1cncc(-c2noc(CN3CCO[C@@H]4CCCC[C@H]43)n2)c1. The largest absolute Gasteiger partial charge is 0.375 e. The van der Waals surface area contributed by atoms with Crippen molar-refractivity contribution in [2.45, 2.75) is 44.4 Å². The van der Waals surface area contributed by atoms with Crippen LogP contribution in [0.3, 0.4) is 0 Å². The van der Waals surface area contributed by atoms with Crippen LogP contribution in [0.25, 0.3) is 11.4 Å². The number of rotatable bonds is 3. The van der Waals surface area contributed by atoms with Gasteiger partial charge in [0.15, 0.2) is 0 Å². The van der Waals surface area contributed by atoms with Crippen molar-refractivity contribution in [3.05, 3.63) is 30.4 Å². The van der Waals surface area contributed by atoms with Gasteiger partial charge in [-0.15, -0.1) is 0 Å². The minimum atomic E-state index is 0.378. The van der Waals surface area contributed by atoms with Crippen molar-refractivity contribution in [2.24, 2.45) is 0 Å². The van der Waals surface area contributed by atoms with Crippen molar-refractivity contribution in [1.82, 2.24) is 20.0 Å². The van der Waals surface area contributed by atoms with Gasteiger partial charge >= 0.3 is 0 Å². The lowest BCUT2D eigenvalue weighted by atomic mass is 9.90. The summed E-state index contributed by atoms with van der Waals surface area (Å²) in [5, 5.41) is 4.07. The Bertz CT molecular complexity index is 614. The predicted molar refractivity (Wildman–Crippen MR) is 79.9 cm³/mol. The number of hydrogen-bond donors (Lipinski definition) is 0. The highest BCUT2D eigenvalue weighted by molar-refractivity contribution is 5.51. The highest BCUT2D eigenvalue weighted by atomic mass is 16.5. The van der Waals surface area contributed by atoms with Gasteiger partial charge < -0.3 is 9.26 Å². The maximum atomic E-state index is 5.91. The van der Waals surface area contributed by atoms with E-state index in [1.54, 1.807) is 12.4 Å². The molecule has 0 amide bonds. The van der Waals surface area contributed by atoms with Gasteiger partial charge in [0.2, 0.25) is 11.7 Å². The van der Waals surface area contributed by atoms with Gasteiger partial charge in [-0.1, -0.05) is 18.0 Å². The van der Waals surface area contributed by atoms with Crippen molar-refractivity contribution < 1.29 is 9.26 Å². The molecule has 6 heteroatoms. The van der Waals surface area contributed by atoms with Gasteiger partial charge in [0.1, 0.15) is 0 Å². The molecule has 116 valence electrons. The summed E-state index contributed by atoms with van der Waals surface area (Å²) >= 11 is 0. The average molecular weight is 300 g/mol. The molecule has 2 aromatic rings. The van der Waals surface area contributed by atoms with Gasteiger partial charge in [-0.05, 0) is 25.0 Å². The second kappa shape index (κ2) is 6.14. The number of pyridine rings is 1. The van der Waals surface area contributed by atoms with Crippen LogP contribution < -0.4 is 0 Å². The van der Waals surface area contributed by atoms with E-state index in [-0.39, 0.29) is 0 Å². The van der Waals surface area contributed by atoms with E-state index in [0.717, 1.165) is 18.7 Å². The molecule has 4 rings (SSSR count). The minimum absolute atomic E-state index is 0.378. The van der Waals surface area contributed by atoms with Crippen LogP contribution in [0.1, 0.15) is 31.6 Å². The smallest absolute Gasteiger partial charge is 0.241 e. The van der Waals surface area contributed by atoms with Gasteiger partial charge in [0.05, 0.1) is 19.3 Å². The molecule has 0 bridgehead atoms. The first-order valence-corrected chi connectivity index (χ1v) is 7.99. The molecular weight excluding hydrogens is 280 g/mol. The molecule has 2 fully saturated rings. The second-order valence-corrected chi connectivity index (χ2v) is 5.98. The van der Waals surface area contributed by atoms with Gasteiger partial charge in [-0.25, -0.2) is 0 Å². The second-order valence-electron chi connectivity index (χ2n) is 5.98. The van der Waals surface area contributed by atoms with Crippen LogP contribution in [0.15, 0.2) is 29.0 Å². The van der Waals surface area contributed by atoms with Gasteiger partial charge in [0, 0.05) is 30.5 Å². The molecular formula is C16H20N4O2. The van der Waals surface area contributed by atoms with Crippen LogP contribution in [0.2, 0.25) is 0 Å². The molecule has 0 N–H and O–H groups in total. The lowest BCUT2D eigenvalue weighted by molar-refractivity contribution is -0.0933. The van der Waals surface area contributed by atoms with E-state index in [0.29, 0.717) is 30.4 Å². The fourth-order valence-corrected chi connectivity index (χ4v) is 3.48. The van der Waals surface area contributed by atoms with Gasteiger partial charge in [-0.3, -0.25) is 9.88 Å². The summed E-state index contributed by atoms with van der Waals surface area (Å²) in [5.74, 6) is 1.28. The van der Waals surface area contributed by atoms with Crippen LogP contribution in [0, 0.1) is 0 Å². The fourth-order valence-electron chi connectivity index (χ4n) is 3.48. The number of ether oxygens (including phenoxy) is 1. The van der Waals surface area contributed by atoms with Gasteiger partial charge in [0.25, 0.3) is 0 Å². The minimum Gasteiger partial charge on any atom is -0.375 e. The van der Waals surface area contributed by atoms with E-state index >= 15 is 0 Å². The summed E-state index contributed by atoms with van der Waals surface area (Å²) in [5.41, 5.74) is 0.884. The zero-order chi connectivity index (χ0) is 14.8. The molecule has 0 unspecified atom stereocenters. The first-order valence-electron chi connectivity index (χ1n) is 7.99. The lowest BCUT2D eigenvalue weighted by Gasteiger charge is -2.43. The van der Waals surface area contributed by atoms with Crippen molar-refractivity contribution in [3.8, 4) is 11.4 Å². The quantitative estimate of drug-likeness (QED) is 0.866. The maximum absolute atomic E-state index is 5.91. The molecule has 2 aliphatic rings. The average Bonchev–Trinajstić information content (AvgIpc) is 3.05. The zero-order valence-corrected chi connectivity index (χ0v) is 12.5. The standard InChI is InChI=1S/C16H20N4O2/c1-2-6-14-13(5-1)20(8-9-21-14)11-15-18-16(19-22-15)12-4-3-7-17-10-12/h3-4,7,10,13-14H,1-2,5-6,8-9,11H2/t13-,14-/m1/s1. The van der Waals surface area contributed by atoms with E-state index in [9.17, 15) is 0 Å². The van der Waals surface area contributed by atoms with Gasteiger partial charge in [-0.2, -0.15) is 4.98 Å². The first kappa shape index (κ1) is 13.8. The Hall–Kier alpha value is -1.79. The first-order chi connectivity index (χ1) is 10.9. The molecule has 1 aliphatic carbocycles. The van der Waals surface area contributed by atoms with Crippen molar-refractivity contribution >= 4 is 0 Å². The Labute approximate surface area is 129 Å². The van der Waals surface area contributed by atoms with Crippen LogP contribution in [-0.2, 0) is 11.3 Å². The van der Waals surface area contributed by atoms with Crippen LogP contribution >= 0.6 is 0 Å². The molecule has 1 aliphatic heterocycles. The Morgan fingerprint density at radius 1 is 1.27 bits per heavy atom. The number of morpholine rings is 1. The molecule has 0 spiro atoms. The molecule has 0 radical (unpaired) electrons. The summed E-state index contributed by atoms with van der Waals surface area (Å²) in [4.78, 5) is 11.0. The third kappa shape index (κ3) is 2.76. The molecule has 2 atom stereocenters. The number of fused-ring (bicyclic) bond motifs is 1. The molecule has 0 aromatic carbocycles. The van der Waals surface area contributed by atoms with Crippen molar-refractivity contribution in [3.63, 3.8) is 0 Å². The normalized spacial score (nSPS) is 25.8. The van der Waals surface area contributed by atoms with Crippen molar-refractivity contribution in [1.29, 1.82) is 0 Å². The Morgan fingerprint density at radius 2 is 2.23 bits per heavy atom. The highest BCUT2D eigenvalue weighted by Gasteiger charge is 2.34. The fraction of sp³-hybridized carbons (Fsp3) is 0.562. The van der Waals surface area contributed by atoms with E-state index in [4.69, 9.17) is 9.26 Å². The molecule has 1 saturated heterocycles. The van der Waals surface area contributed by atoms with Crippen LogP contribution in [-0.4, -0.2) is 45.3 Å². The third-order valence-corrected chi connectivity index (χ3v) is 4.57. The van der Waals surface area contributed by atoms with E-state index in [1.165, 1.54) is 25.7 Å². The van der Waals surface area contributed by atoms with E-state index in [2.05, 4.69) is 20.0 Å². The van der Waals surface area contributed by atoms with E-state index in [1.807, 2.05) is 12.1 Å². The number of aromatic nitrogens is 3. The lowest BCUT2D eigenvalue weighted by Crippen LogP contribution is -2.52. The van der Waals surface area contributed by atoms with Crippen LogP contribution in [0.4, 0.5) is 0 Å². The van der Waals surface area contributed by atoms with E-state index < -0.39 is 0 Å². The summed E-state index contributed by atoms with van der Waals surface area (Å²) in [6.07, 6.45) is 8.80. The molecule has 6 nitrogen and oxygen atoms in total. The monoisotopic (exact) mass is 300 g/mol. The Kier molecular flexibility index (Phi) is 3.86. The van der Waals surface area contributed by atoms with Crippen LogP contribution in [0.5, 0.6) is 0 Å². The molecule has 3 heterocycles.